The zero-order chi connectivity index (χ0) is 12.4. The van der Waals surface area contributed by atoms with Gasteiger partial charge in [-0.05, 0) is 0 Å². The Kier molecular flexibility index (Phi) is 146. The van der Waals surface area contributed by atoms with Gasteiger partial charge < -0.3 is 12.3 Å². The zero-order valence-corrected chi connectivity index (χ0v) is 11.1. The molecular weight excluding hydrogens is 227 g/mol. The van der Waals surface area contributed by atoms with E-state index in [4.69, 9.17) is 14.4 Å². The van der Waals surface area contributed by atoms with E-state index in [1.807, 2.05) is 0 Å². The van der Waals surface area contributed by atoms with Gasteiger partial charge in [0, 0.05) is 4.57 Å². The molecular formula is C10H28N2O3P+. The van der Waals surface area contributed by atoms with Crippen LogP contribution in [0.2, 0.25) is 0 Å². The van der Waals surface area contributed by atoms with Crippen LogP contribution in [0.3, 0.4) is 0 Å². The van der Waals surface area contributed by atoms with E-state index in [1.165, 1.54) is 25.7 Å². The summed E-state index contributed by atoms with van der Waals surface area (Å²) < 4.78 is 8.70. The fraction of sp³-hybridized carbons (Fsp3) is 0.400. The fourth-order valence-electron chi connectivity index (χ4n) is 0.250. The first-order valence-corrected chi connectivity index (χ1v) is 5.25. The van der Waals surface area contributed by atoms with E-state index in [9.17, 15) is 0 Å². The van der Waals surface area contributed by atoms with Crippen LogP contribution in [0.4, 0.5) is 0 Å². The molecule has 0 saturated heterocycles. The highest BCUT2D eigenvalue weighted by Crippen LogP contribution is 2.15. The summed E-state index contributed by atoms with van der Waals surface area (Å²) in [5.41, 5.74) is 0. The third kappa shape index (κ3) is 195. The normalized spacial score (nSPS) is 8.38. The van der Waals surface area contributed by atoms with Gasteiger partial charge in [0.15, 0.2) is 0 Å². The van der Waals surface area contributed by atoms with E-state index in [-0.39, 0.29) is 12.3 Å². The molecule has 0 radical (unpaired) electrons. The van der Waals surface area contributed by atoms with Gasteiger partial charge in [0.25, 0.3) is 0 Å². The first-order valence-electron chi connectivity index (χ1n) is 4.08. The van der Waals surface area contributed by atoms with E-state index in [0.29, 0.717) is 0 Å². The summed E-state index contributed by atoms with van der Waals surface area (Å²) in [7, 11) is -2.87. The second-order valence-electron chi connectivity index (χ2n) is 1.67. The second kappa shape index (κ2) is 64.6. The Hall–Kier alpha value is -0.840. The third-order valence-corrected chi connectivity index (χ3v) is 1.000. The van der Waals surface area contributed by atoms with Crippen LogP contribution >= 0.6 is 8.25 Å². The van der Waals surface area contributed by atoms with Crippen molar-refractivity contribution in [2.24, 2.45) is 0 Å². The summed E-state index contributed by atoms with van der Waals surface area (Å²) in [4.78, 5) is 14.2. The van der Waals surface area contributed by atoms with Gasteiger partial charge in [-0.25, -0.2) is 0 Å². The molecule has 0 unspecified atom stereocenters. The second-order valence-corrected chi connectivity index (χ2v) is 2.17. The molecule has 1 saturated carbocycles. The molecule has 1 aliphatic rings. The topological polar surface area (TPSA) is 128 Å². The van der Waals surface area contributed by atoms with Crippen LogP contribution < -0.4 is 12.3 Å². The minimum Gasteiger partial charge on any atom is -0.344 e. The summed E-state index contributed by atoms with van der Waals surface area (Å²) in [6, 6.07) is 0. The first kappa shape index (κ1) is 36.2. The Bertz CT molecular complexity index is 99.5. The molecule has 0 aliphatic heterocycles. The Morgan fingerprint density at radius 1 is 0.688 bits per heavy atom. The minimum atomic E-state index is -2.87. The lowest BCUT2D eigenvalue weighted by atomic mass is 10.0. The molecule has 0 aromatic carbocycles. The summed E-state index contributed by atoms with van der Waals surface area (Å²) >= 11 is 0. The SMILES string of the molecule is C1CCC1.C=C.C=C.C=C.N.N.O=[P+](O)O. The zero-order valence-electron chi connectivity index (χ0n) is 10.2. The van der Waals surface area contributed by atoms with Crippen molar-refractivity contribution in [2.45, 2.75) is 25.7 Å². The van der Waals surface area contributed by atoms with E-state index >= 15 is 0 Å². The van der Waals surface area contributed by atoms with Crippen molar-refractivity contribution in [3.8, 4) is 0 Å². The molecule has 0 aromatic rings. The van der Waals surface area contributed by atoms with Gasteiger partial charge in [-0.15, -0.1) is 49.3 Å². The largest absolute Gasteiger partial charge is 0.692 e. The Balaban J connectivity index is -0.0000000199. The Morgan fingerprint density at radius 2 is 0.750 bits per heavy atom. The van der Waals surface area contributed by atoms with Gasteiger partial charge in [0.2, 0.25) is 0 Å². The van der Waals surface area contributed by atoms with Gasteiger partial charge in [-0.3, -0.25) is 0 Å². The van der Waals surface area contributed by atoms with Crippen LogP contribution in [-0.2, 0) is 4.57 Å². The number of hydrogen-bond donors (Lipinski definition) is 4. The van der Waals surface area contributed by atoms with Gasteiger partial charge in [0.1, 0.15) is 0 Å². The van der Waals surface area contributed by atoms with Crippen molar-refractivity contribution in [1.29, 1.82) is 0 Å². The van der Waals surface area contributed by atoms with Crippen molar-refractivity contribution in [2.75, 3.05) is 0 Å². The molecule has 100 valence electrons. The van der Waals surface area contributed by atoms with Crippen LogP contribution in [0, 0.1) is 0 Å². The summed E-state index contributed by atoms with van der Waals surface area (Å²) in [6.07, 6.45) is 6.00. The van der Waals surface area contributed by atoms with E-state index in [2.05, 4.69) is 39.5 Å². The average molecular weight is 255 g/mol. The van der Waals surface area contributed by atoms with Gasteiger partial charge >= 0.3 is 8.25 Å². The molecule has 5 nitrogen and oxygen atoms in total. The van der Waals surface area contributed by atoms with Crippen molar-refractivity contribution < 1.29 is 14.4 Å². The Labute approximate surface area is 101 Å². The predicted molar refractivity (Wildman–Crippen MR) is 74.3 cm³/mol. The van der Waals surface area contributed by atoms with Gasteiger partial charge in [0.05, 0.1) is 0 Å². The molecule has 1 rings (SSSR count). The number of rotatable bonds is 0. The summed E-state index contributed by atoms with van der Waals surface area (Å²) in [5, 5.41) is 0. The highest BCUT2D eigenvalue weighted by atomic mass is 31.1. The molecule has 8 N–H and O–H groups in total. The minimum absolute atomic E-state index is 0. The quantitative estimate of drug-likeness (QED) is 0.385. The molecule has 0 heterocycles. The summed E-state index contributed by atoms with van der Waals surface area (Å²) in [6.45, 7) is 18.0. The molecule has 6 heteroatoms. The maximum absolute atomic E-state index is 8.70. The summed E-state index contributed by atoms with van der Waals surface area (Å²) in [5.74, 6) is 0. The van der Waals surface area contributed by atoms with Crippen molar-refractivity contribution >= 4 is 8.25 Å². The van der Waals surface area contributed by atoms with E-state index in [0.717, 1.165) is 0 Å². The van der Waals surface area contributed by atoms with E-state index in [1.54, 1.807) is 0 Å². The standard InChI is InChI=1S/C4H8.3C2H4.2H3N.HO3P/c1-2-4-3-1;3*1-2;;;1-4(2)3/h1-4H2;3*1-2H2;2*1H3;(H-,1,2,3)/p+1. The smallest absolute Gasteiger partial charge is 0.344 e. The highest BCUT2D eigenvalue weighted by Gasteiger charge is 1.95. The molecule has 0 atom stereocenters. The van der Waals surface area contributed by atoms with Gasteiger partial charge in [-0.1, -0.05) is 25.7 Å². The predicted octanol–water partition coefficient (Wildman–Crippen LogP) is 3.92. The monoisotopic (exact) mass is 255 g/mol. The van der Waals surface area contributed by atoms with Crippen LogP contribution in [0.1, 0.15) is 25.7 Å². The van der Waals surface area contributed by atoms with Gasteiger partial charge in [-0.2, -0.15) is 0 Å². The molecule has 0 spiro atoms. The number of hydrogen-bond acceptors (Lipinski definition) is 3. The lowest BCUT2D eigenvalue weighted by Gasteiger charge is -2.05. The maximum atomic E-state index is 8.70. The molecule has 1 aliphatic carbocycles. The van der Waals surface area contributed by atoms with Crippen LogP contribution in [0.15, 0.2) is 39.5 Å². The molecule has 0 aromatic heterocycles. The van der Waals surface area contributed by atoms with Crippen LogP contribution in [-0.4, -0.2) is 9.79 Å². The average Bonchev–Trinajstić information content (AvgIpc) is 2.10. The van der Waals surface area contributed by atoms with Crippen molar-refractivity contribution in [3.63, 3.8) is 0 Å². The lowest BCUT2D eigenvalue weighted by molar-refractivity contribution is 0.405. The molecule has 1 fully saturated rings. The molecule has 16 heavy (non-hydrogen) atoms. The Morgan fingerprint density at radius 3 is 0.750 bits per heavy atom. The molecule has 0 amide bonds. The first-order chi connectivity index (χ1) is 6.73. The van der Waals surface area contributed by atoms with Crippen LogP contribution in [0.25, 0.3) is 0 Å². The van der Waals surface area contributed by atoms with E-state index < -0.39 is 8.25 Å². The highest BCUT2D eigenvalue weighted by molar-refractivity contribution is 7.30. The van der Waals surface area contributed by atoms with Crippen LogP contribution in [0.5, 0.6) is 0 Å². The fourth-order valence-corrected chi connectivity index (χ4v) is 0.250. The lowest BCUT2D eigenvalue weighted by Crippen LogP contribution is -1.85. The molecule has 0 bridgehead atoms. The third-order valence-electron chi connectivity index (χ3n) is 1.000. The van der Waals surface area contributed by atoms with Crippen molar-refractivity contribution in [1.82, 2.24) is 12.3 Å². The van der Waals surface area contributed by atoms with Crippen molar-refractivity contribution in [3.05, 3.63) is 39.5 Å². The maximum Gasteiger partial charge on any atom is 0.692 e.